The summed E-state index contributed by atoms with van der Waals surface area (Å²) in [5, 5.41) is 5.52. The number of thiophene rings is 1. The predicted molar refractivity (Wildman–Crippen MR) is 222 cm³/mol. The summed E-state index contributed by atoms with van der Waals surface area (Å²) in [5.74, 6) is 1.93. The van der Waals surface area contributed by atoms with Gasteiger partial charge in [-0.1, -0.05) is 133 Å². The van der Waals surface area contributed by atoms with Crippen molar-refractivity contribution in [2.24, 2.45) is 0 Å². The minimum atomic E-state index is 0.630. The monoisotopic (exact) mass is 708 g/mol. The Morgan fingerprint density at radius 2 is 1.02 bits per heavy atom. The van der Waals surface area contributed by atoms with E-state index in [2.05, 4.69) is 115 Å². The standard InChI is InChI=1S/C48H28N4OS/c1-3-12-30(13-4-1)43-42-38-28-33(26-27-40(38)53-44(42)36-17-7-9-20-39(36)49-43)29-22-24-32(25-23-29)47-50-46(31-14-5-2-6-15-31)51-48(52-47)37-19-11-18-35-34-16-8-10-21-41(34)54-45(35)37/h1-28H. The summed E-state index contributed by atoms with van der Waals surface area (Å²) in [6, 6.07) is 58.5. The van der Waals surface area contributed by atoms with E-state index >= 15 is 0 Å². The first-order valence-corrected chi connectivity index (χ1v) is 18.7. The van der Waals surface area contributed by atoms with E-state index in [1.54, 1.807) is 11.3 Å². The van der Waals surface area contributed by atoms with E-state index in [1.807, 2.05) is 54.6 Å². The lowest BCUT2D eigenvalue weighted by Gasteiger charge is -2.10. The van der Waals surface area contributed by atoms with Crippen LogP contribution in [0.5, 0.6) is 0 Å². The number of pyridine rings is 1. The summed E-state index contributed by atoms with van der Waals surface area (Å²) in [6.07, 6.45) is 0. The zero-order chi connectivity index (χ0) is 35.6. The summed E-state index contributed by atoms with van der Waals surface area (Å²) in [6.45, 7) is 0. The van der Waals surface area contributed by atoms with Gasteiger partial charge in [0.15, 0.2) is 17.5 Å². The van der Waals surface area contributed by atoms with Crippen molar-refractivity contribution in [1.29, 1.82) is 0 Å². The number of para-hydroxylation sites is 1. The summed E-state index contributed by atoms with van der Waals surface area (Å²) < 4.78 is 8.99. The van der Waals surface area contributed by atoms with E-state index in [1.165, 1.54) is 20.2 Å². The number of benzene rings is 7. The molecular formula is C48H28N4OS. The molecule has 4 aromatic heterocycles. The number of hydrogen-bond donors (Lipinski definition) is 0. The first-order valence-electron chi connectivity index (χ1n) is 17.9. The van der Waals surface area contributed by atoms with Crippen LogP contribution in [0.2, 0.25) is 0 Å². The number of nitrogens with zero attached hydrogens (tertiary/aromatic N) is 4. The van der Waals surface area contributed by atoms with Gasteiger partial charge in [0.05, 0.1) is 16.6 Å². The van der Waals surface area contributed by atoms with Gasteiger partial charge in [-0.05, 0) is 47.5 Å². The second-order valence-electron chi connectivity index (χ2n) is 13.4. The Morgan fingerprint density at radius 1 is 0.407 bits per heavy atom. The van der Waals surface area contributed by atoms with Gasteiger partial charge in [-0.15, -0.1) is 11.3 Å². The molecular weight excluding hydrogens is 681 g/mol. The molecule has 0 N–H and O–H groups in total. The minimum absolute atomic E-state index is 0.630. The van der Waals surface area contributed by atoms with E-state index < -0.39 is 0 Å². The average Bonchev–Trinajstić information content (AvgIpc) is 3.83. The Morgan fingerprint density at radius 3 is 1.81 bits per heavy atom. The van der Waals surface area contributed by atoms with Crippen molar-refractivity contribution in [1.82, 2.24) is 19.9 Å². The van der Waals surface area contributed by atoms with Gasteiger partial charge >= 0.3 is 0 Å². The van der Waals surface area contributed by atoms with Crippen molar-refractivity contribution < 1.29 is 4.42 Å². The van der Waals surface area contributed by atoms with E-state index in [0.717, 1.165) is 71.9 Å². The van der Waals surface area contributed by atoms with Crippen LogP contribution in [-0.2, 0) is 0 Å². The lowest BCUT2D eigenvalue weighted by atomic mass is 9.99. The molecule has 0 amide bonds. The van der Waals surface area contributed by atoms with E-state index in [0.29, 0.717) is 17.5 Å². The lowest BCUT2D eigenvalue weighted by Crippen LogP contribution is -2.00. The Hall–Kier alpha value is -7.02. The molecule has 0 aliphatic carbocycles. The number of rotatable bonds is 5. The molecule has 0 aliphatic rings. The second kappa shape index (κ2) is 12.3. The molecule has 7 aromatic carbocycles. The molecule has 54 heavy (non-hydrogen) atoms. The van der Waals surface area contributed by atoms with E-state index in [4.69, 9.17) is 24.4 Å². The second-order valence-corrected chi connectivity index (χ2v) is 14.4. The molecule has 11 rings (SSSR count). The molecule has 0 atom stereocenters. The van der Waals surface area contributed by atoms with Crippen LogP contribution in [0.3, 0.4) is 0 Å². The molecule has 0 bridgehead atoms. The van der Waals surface area contributed by atoms with Gasteiger partial charge in [0.25, 0.3) is 0 Å². The van der Waals surface area contributed by atoms with Crippen molar-refractivity contribution in [3.05, 3.63) is 170 Å². The zero-order valence-corrected chi connectivity index (χ0v) is 29.6. The fourth-order valence-electron chi connectivity index (χ4n) is 7.52. The lowest BCUT2D eigenvalue weighted by molar-refractivity contribution is 0.672. The van der Waals surface area contributed by atoms with Crippen LogP contribution in [-0.4, -0.2) is 19.9 Å². The van der Waals surface area contributed by atoms with E-state index in [9.17, 15) is 0 Å². The summed E-state index contributed by atoms with van der Waals surface area (Å²) in [5.41, 5.74) is 9.61. The van der Waals surface area contributed by atoms with Crippen LogP contribution in [0.1, 0.15) is 0 Å². The molecule has 0 saturated heterocycles. The number of aromatic nitrogens is 4. The minimum Gasteiger partial charge on any atom is -0.455 e. The van der Waals surface area contributed by atoms with Crippen molar-refractivity contribution in [2.75, 3.05) is 0 Å². The average molecular weight is 709 g/mol. The highest BCUT2D eigenvalue weighted by Gasteiger charge is 2.19. The Kier molecular flexibility index (Phi) is 6.97. The zero-order valence-electron chi connectivity index (χ0n) is 28.8. The van der Waals surface area contributed by atoms with Crippen LogP contribution in [0.25, 0.3) is 110 Å². The van der Waals surface area contributed by atoms with Gasteiger partial charge in [-0.25, -0.2) is 19.9 Å². The number of fused-ring (bicyclic) bond motifs is 8. The summed E-state index contributed by atoms with van der Waals surface area (Å²) in [7, 11) is 0. The fraction of sp³-hybridized carbons (Fsp3) is 0. The van der Waals surface area contributed by atoms with Gasteiger partial charge in [-0.2, -0.15) is 0 Å². The molecule has 6 heteroatoms. The molecule has 5 nitrogen and oxygen atoms in total. The molecule has 252 valence electrons. The van der Waals surface area contributed by atoms with Gasteiger partial charge in [0.1, 0.15) is 11.2 Å². The summed E-state index contributed by atoms with van der Waals surface area (Å²) >= 11 is 1.78. The van der Waals surface area contributed by atoms with Crippen molar-refractivity contribution >= 4 is 64.4 Å². The molecule has 0 radical (unpaired) electrons. The Labute approximate surface area is 313 Å². The van der Waals surface area contributed by atoms with Crippen LogP contribution in [0.15, 0.2) is 174 Å². The van der Waals surface area contributed by atoms with Crippen molar-refractivity contribution in [3.63, 3.8) is 0 Å². The maximum atomic E-state index is 6.57. The van der Waals surface area contributed by atoms with E-state index in [-0.39, 0.29) is 0 Å². The fourth-order valence-corrected chi connectivity index (χ4v) is 8.73. The molecule has 0 unspecified atom stereocenters. The molecule has 4 heterocycles. The molecule has 0 spiro atoms. The number of hydrogen-bond acceptors (Lipinski definition) is 6. The molecule has 0 saturated carbocycles. The third-order valence-corrected chi connectivity index (χ3v) is 11.4. The van der Waals surface area contributed by atoms with Crippen LogP contribution < -0.4 is 0 Å². The Balaban J connectivity index is 1.04. The molecule has 0 aliphatic heterocycles. The highest BCUT2D eigenvalue weighted by molar-refractivity contribution is 7.26. The van der Waals surface area contributed by atoms with Crippen LogP contribution in [0, 0.1) is 0 Å². The third-order valence-electron chi connectivity index (χ3n) is 10.1. The maximum absolute atomic E-state index is 6.57. The number of furan rings is 1. The molecule has 11 aromatic rings. The first kappa shape index (κ1) is 30.6. The van der Waals surface area contributed by atoms with Crippen molar-refractivity contribution in [3.8, 4) is 56.5 Å². The topological polar surface area (TPSA) is 64.7 Å². The van der Waals surface area contributed by atoms with Gasteiger partial charge < -0.3 is 4.42 Å². The van der Waals surface area contributed by atoms with Gasteiger partial charge in [-0.3, -0.25) is 0 Å². The third kappa shape index (κ3) is 4.99. The highest BCUT2D eigenvalue weighted by Crippen LogP contribution is 2.42. The molecule has 0 fully saturated rings. The van der Waals surface area contributed by atoms with Crippen LogP contribution >= 0.6 is 11.3 Å². The maximum Gasteiger partial charge on any atom is 0.165 e. The predicted octanol–water partition coefficient (Wildman–Crippen LogP) is 13.0. The SMILES string of the molecule is c1ccc(-c2nc(-c3ccc(-c4ccc5oc6c7ccccc7nc(-c7ccccc7)c6c5c4)cc3)nc(-c3cccc4c3sc3ccccc34)n2)cc1. The smallest absolute Gasteiger partial charge is 0.165 e. The van der Waals surface area contributed by atoms with Crippen molar-refractivity contribution in [2.45, 2.75) is 0 Å². The van der Waals surface area contributed by atoms with Gasteiger partial charge in [0.2, 0.25) is 0 Å². The summed E-state index contributed by atoms with van der Waals surface area (Å²) in [4.78, 5) is 20.3. The van der Waals surface area contributed by atoms with Gasteiger partial charge in [0, 0.05) is 53.2 Å². The quantitative estimate of drug-likeness (QED) is 0.178. The first-order chi connectivity index (χ1) is 26.7. The largest absolute Gasteiger partial charge is 0.455 e. The highest BCUT2D eigenvalue weighted by atomic mass is 32.1. The van der Waals surface area contributed by atoms with Crippen LogP contribution in [0.4, 0.5) is 0 Å². The Bertz CT molecular complexity index is 3210. The normalized spacial score (nSPS) is 11.7.